The van der Waals surface area contributed by atoms with Crippen molar-refractivity contribution < 1.29 is 73.4 Å². The normalized spacial score (nSPS) is 51.8. The molecule has 6 N–H and O–H groups in total. The molecule has 7 rings (SSSR count). The number of carbonyl (C=O) groups is 3. The first-order chi connectivity index (χ1) is 27.5. The number of aliphatic hydroxyl groups excluding tert-OH is 6. The highest BCUT2D eigenvalue weighted by Crippen LogP contribution is 2.75. The molecule has 59 heavy (non-hydrogen) atoms. The van der Waals surface area contributed by atoms with E-state index in [2.05, 4.69) is 46.3 Å². The fourth-order valence-electron chi connectivity index (χ4n) is 13.7. The largest absolute Gasteiger partial charge is 0.469 e. The second-order valence-corrected chi connectivity index (χ2v) is 21.0. The molecule has 0 amide bonds. The standard InChI is InChI=1S/C44H68O15/c1-39(2)25-10-13-44(7)34(23(46)18-21-22-19-41(4,38(53)55-9)15-14-40(22,3)16-17-43(21,44)6)42(25,5)12-11-26(39)57-37-33(29(49)27(47)24(20-45)56-37)59-36-31(51)28(48)30(50)32(58-36)35(52)54-8/h18,22,24-34,36-37,45,47-51H,10-17,19-20H2,1-9H3/t22?,24-,25?,26?,27+,28+,29+,30+,31-,32+,33-,34?,36+,37+,40-,41+,42+,43-,44-/m1/s1. The first kappa shape index (κ1) is 45.0. The van der Waals surface area contributed by atoms with Gasteiger partial charge in [-0.15, -0.1) is 0 Å². The van der Waals surface area contributed by atoms with Crippen LogP contribution in [0, 0.1) is 50.2 Å². The van der Waals surface area contributed by atoms with E-state index in [1.54, 1.807) is 0 Å². The molecule has 5 aliphatic carbocycles. The van der Waals surface area contributed by atoms with Gasteiger partial charge in [-0.25, -0.2) is 4.79 Å². The van der Waals surface area contributed by atoms with Gasteiger partial charge in [0.1, 0.15) is 42.7 Å². The Kier molecular flexibility index (Phi) is 11.7. The van der Waals surface area contributed by atoms with E-state index in [-0.39, 0.29) is 45.8 Å². The predicted molar refractivity (Wildman–Crippen MR) is 208 cm³/mol. The summed E-state index contributed by atoms with van der Waals surface area (Å²) in [6.07, 6.45) is -8.22. The molecule has 4 unspecified atom stereocenters. The Balaban J connectivity index is 1.16. The van der Waals surface area contributed by atoms with Crippen LogP contribution in [0.2, 0.25) is 0 Å². The highest BCUT2D eigenvalue weighted by Gasteiger charge is 2.71. The third kappa shape index (κ3) is 6.70. The number of ether oxygens (including phenoxy) is 6. The predicted octanol–water partition coefficient (Wildman–Crippen LogP) is 2.33. The number of ketones is 1. The minimum Gasteiger partial charge on any atom is -0.469 e. The summed E-state index contributed by atoms with van der Waals surface area (Å²) in [6.45, 7) is 14.9. The summed E-state index contributed by atoms with van der Waals surface area (Å²) in [4.78, 5) is 40.4. The van der Waals surface area contributed by atoms with E-state index in [1.165, 1.54) is 12.7 Å². The number of hydrogen-bond acceptors (Lipinski definition) is 15. The van der Waals surface area contributed by atoms with Gasteiger partial charge in [0, 0.05) is 5.92 Å². The zero-order valence-electron chi connectivity index (χ0n) is 36.1. The monoisotopic (exact) mass is 836 g/mol. The summed E-state index contributed by atoms with van der Waals surface area (Å²) >= 11 is 0. The van der Waals surface area contributed by atoms with Crippen LogP contribution in [0.1, 0.15) is 106 Å². The van der Waals surface area contributed by atoms with Crippen LogP contribution < -0.4 is 0 Å². The van der Waals surface area contributed by atoms with Crippen LogP contribution in [0.5, 0.6) is 0 Å². The molecule has 4 saturated carbocycles. The first-order valence-corrected chi connectivity index (χ1v) is 21.5. The fourth-order valence-corrected chi connectivity index (χ4v) is 13.7. The van der Waals surface area contributed by atoms with Gasteiger partial charge in [-0.2, -0.15) is 0 Å². The molecule has 15 heteroatoms. The highest BCUT2D eigenvalue weighted by molar-refractivity contribution is 5.95. The van der Waals surface area contributed by atoms with Crippen molar-refractivity contribution >= 4 is 17.7 Å². The van der Waals surface area contributed by atoms with Gasteiger partial charge in [0.05, 0.1) is 32.3 Å². The number of methoxy groups -OCH3 is 2. The smallest absolute Gasteiger partial charge is 0.337 e. The summed E-state index contributed by atoms with van der Waals surface area (Å²) in [5, 5.41) is 64.2. The lowest BCUT2D eigenvalue weighted by Crippen LogP contribution is -2.68. The molecule has 0 aromatic carbocycles. The number of rotatable bonds is 7. The third-order valence-electron chi connectivity index (χ3n) is 17.6. The molecule has 0 radical (unpaired) electrons. The van der Waals surface area contributed by atoms with Gasteiger partial charge in [0.15, 0.2) is 24.5 Å². The Morgan fingerprint density at radius 1 is 0.763 bits per heavy atom. The van der Waals surface area contributed by atoms with Crippen molar-refractivity contribution in [1.82, 2.24) is 0 Å². The van der Waals surface area contributed by atoms with Crippen molar-refractivity contribution in [3.8, 4) is 0 Å². The minimum absolute atomic E-state index is 0.00637. The molecule has 19 atom stereocenters. The van der Waals surface area contributed by atoms with Crippen molar-refractivity contribution in [2.45, 2.75) is 174 Å². The summed E-state index contributed by atoms with van der Waals surface area (Å²) in [5.74, 6) is -1.24. The molecule has 334 valence electrons. The molecule has 0 aromatic rings. The van der Waals surface area contributed by atoms with Crippen molar-refractivity contribution in [2.75, 3.05) is 20.8 Å². The van der Waals surface area contributed by atoms with E-state index in [9.17, 15) is 45.0 Å². The number of esters is 2. The summed E-state index contributed by atoms with van der Waals surface area (Å²) < 4.78 is 34.3. The maximum absolute atomic E-state index is 14.9. The maximum Gasteiger partial charge on any atom is 0.337 e. The molecule has 2 heterocycles. The van der Waals surface area contributed by atoms with E-state index in [1.807, 2.05) is 13.0 Å². The van der Waals surface area contributed by atoms with Crippen LogP contribution >= 0.6 is 0 Å². The van der Waals surface area contributed by atoms with Gasteiger partial charge in [0.2, 0.25) is 0 Å². The van der Waals surface area contributed by atoms with Crippen molar-refractivity contribution in [2.24, 2.45) is 50.2 Å². The number of aliphatic hydroxyl groups is 6. The van der Waals surface area contributed by atoms with E-state index in [0.717, 1.165) is 45.6 Å². The summed E-state index contributed by atoms with van der Waals surface area (Å²) in [6, 6.07) is 0. The quantitative estimate of drug-likeness (QED) is 0.160. The van der Waals surface area contributed by atoms with Gasteiger partial charge >= 0.3 is 11.9 Å². The van der Waals surface area contributed by atoms with Crippen LogP contribution in [0.3, 0.4) is 0 Å². The topological polar surface area (TPSA) is 228 Å². The Hall–Kier alpha value is -2.05. The lowest BCUT2D eigenvalue weighted by Gasteiger charge is -2.70. The Bertz CT molecular complexity index is 1680. The molecule has 2 aliphatic heterocycles. The summed E-state index contributed by atoms with van der Waals surface area (Å²) in [5.41, 5.74) is -1.00. The lowest BCUT2D eigenvalue weighted by atomic mass is 9.33. The van der Waals surface area contributed by atoms with E-state index in [4.69, 9.17) is 23.7 Å². The van der Waals surface area contributed by atoms with E-state index < -0.39 is 96.3 Å². The zero-order valence-corrected chi connectivity index (χ0v) is 36.1. The van der Waals surface area contributed by atoms with E-state index >= 15 is 0 Å². The van der Waals surface area contributed by atoms with Gasteiger partial charge in [0.25, 0.3) is 0 Å². The molecule has 0 aromatic heterocycles. The second-order valence-electron chi connectivity index (χ2n) is 21.0. The molecule has 2 saturated heterocycles. The van der Waals surface area contributed by atoms with Crippen LogP contribution in [-0.2, 0) is 42.8 Å². The summed E-state index contributed by atoms with van der Waals surface area (Å²) in [7, 11) is 2.52. The molecular weight excluding hydrogens is 768 g/mol. The maximum atomic E-state index is 14.9. The molecule has 0 bridgehead atoms. The average Bonchev–Trinajstić information content (AvgIpc) is 3.19. The van der Waals surface area contributed by atoms with Gasteiger partial charge in [-0.3, -0.25) is 9.59 Å². The van der Waals surface area contributed by atoms with Crippen LogP contribution in [0.4, 0.5) is 0 Å². The number of fused-ring (bicyclic) bond motifs is 7. The molecule has 15 nitrogen and oxygen atoms in total. The highest BCUT2D eigenvalue weighted by atomic mass is 16.8. The van der Waals surface area contributed by atoms with E-state index in [0.29, 0.717) is 19.3 Å². The van der Waals surface area contributed by atoms with Crippen molar-refractivity contribution in [1.29, 1.82) is 0 Å². The number of hydrogen-bond donors (Lipinski definition) is 6. The number of carbonyl (C=O) groups excluding carboxylic acids is 3. The Labute approximate surface area is 347 Å². The Morgan fingerprint density at radius 2 is 1.44 bits per heavy atom. The molecule has 0 spiro atoms. The van der Waals surface area contributed by atoms with Gasteiger partial charge < -0.3 is 59.1 Å². The molecular formula is C44H68O15. The molecule has 7 aliphatic rings. The van der Waals surface area contributed by atoms with Crippen molar-refractivity contribution in [3.63, 3.8) is 0 Å². The zero-order chi connectivity index (χ0) is 43.4. The third-order valence-corrected chi connectivity index (χ3v) is 17.6. The van der Waals surface area contributed by atoms with Gasteiger partial charge in [-0.05, 0) is 110 Å². The minimum atomic E-state index is -1.89. The molecule has 6 fully saturated rings. The Morgan fingerprint density at radius 3 is 2.08 bits per heavy atom. The van der Waals surface area contributed by atoms with Crippen LogP contribution in [0.25, 0.3) is 0 Å². The van der Waals surface area contributed by atoms with Crippen molar-refractivity contribution in [3.05, 3.63) is 11.6 Å². The van der Waals surface area contributed by atoms with Crippen LogP contribution in [-0.4, -0.2) is 137 Å². The van der Waals surface area contributed by atoms with Crippen LogP contribution in [0.15, 0.2) is 11.6 Å². The average molecular weight is 837 g/mol. The number of allylic oxidation sites excluding steroid dienone is 2. The lowest BCUT2D eigenvalue weighted by molar-refractivity contribution is -0.375. The SMILES string of the molecule is COC(=O)[C@H]1O[C@@H](O[C@H]2[C@H](OC3CC[C@@]4(C)C(CC[C@]5(C)C4C(=O)C=C4C6C[C@@](C)(C(=O)OC)CC[C@]6(C)CC[C@]45C)C3(C)C)O[C@H](CO)[C@H](O)[C@@H]2O)[C@H](O)[C@@H](O)[C@@H]1O. The fraction of sp³-hybridized carbons (Fsp3) is 0.886. The first-order valence-electron chi connectivity index (χ1n) is 21.5. The van der Waals surface area contributed by atoms with Gasteiger partial charge in [-0.1, -0.05) is 47.1 Å². The second kappa shape index (κ2) is 15.3.